The molecule has 1 aromatic carbocycles. The molecule has 4 heteroatoms. The van der Waals surface area contributed by atoms with Crippen LogP contribution < -0.4 is 0 Å². The van der Waals surface area contributed by atoms with Crippen LogP contribution in [0.2, 0.25) is 0 Å². The first kappa shape index (κ1) is 13.6. The van der Waals surface area contributed by atoms with Gasteiger partial charge in [0, 0.05) is 18.7 Å². The second-order valence-electron chi connectivity index (χ2n) is 5.40. The zero-order valence-electron chi connectivity index (χ0n) is 11.5. The predicted octanol–water partition coefficient (Wildman–Crippen LogP) is 2.10. The summed E-state index contributed by atoms with van der Waals surface area (Å²) in [5.74, 6) is -1.31. The number of carboxylic acid groups (broad SMARTS) is 1. The van der Waals surface area contributed by atoms with E-state index in [4.69, 9.17) is 5.11 Å². The Morgan fingerprint density at radius 2 is 1.79 bits per heavy atom. The Morgan fingerprint density at radius 3 is 2.26 bits per heavy atom. The highest BCUT2D eigenvalue weighted by Crippen LogP contribution is 2.26. The number of carbonyl (C=O) groups is 2. The van der Waals surface area contributed by atoms with Crippen molar-refractivity contribution in [3.63, 3.8) is 0 Å². The summed E-state index contributed by atoms with van der Waals surface area (Å²) in [6.45, 7) is 6.53. The van der Waals surface area contributed by atoms with E-state index in [2.05, 4.69) is 0 Å². The molecule has 1 amide bonds. The van der Waals surface area contributed by atoms with Gasteiger partial charge in [-0.2, -0.15) is 0 Å². The summed E-state index contributed by atoms with van der Waals surface area (Å²) in [4.78, 5) is 25.3. The van der Waals surface area contributed by atoms with Gasteiger partial charge in [0.2, 0.25) is 0 Å². The van der Waals surface area contributed by atoms with E-state index in [9.17, 15) is 9.59 Å². The van der Waals surface area contributed by atoms with Crippen LogP contribution in [0, 0.1) is 25.7 Å². The molecular formula is C15H19NO3. The number of aryl methyl sites for hydroxylation is 2. The largest absolute Gasteiger partial charge is 0.481 e. The lowest BCUT2D eigenvalue weighted by Crippen LogP contribution is -2.31. The predicted molar refractivity (Wildman–Crippen MR) is 72.1 cm³/mol. The lowest BCUT2D eigenvalue weighted by molar-refractivity contribution is -0.142. The lowest BCUT2D eigenvalue weighted by Gasteiger charge is -2.18. The van der Waals surface area contributed by atoms with Crippen molar-refractivity contribution >= 4 is 11.9 Å². The van der Waals surface area contributed by atoms with Crippen LogP contribution in [0.15, 0.2) is 18.2 Å². The number of hydrogen-bond acceptors (Lipinski definition) is 2. The molecule has 0 spiro atoms. The van der Waals surface area contributed by atoms with Crippen LogP contribution in [0.25, 0.3) is 0 Å². The molecule has 1 heterocycles. The Morgan fingerprint density at radius 1 is 1.21 bits per heavy atom. The van der Waals surface area contributed by atoms with Crippen LogP contribution in [0.3, 0.4) is 0 Å². The molecule has 1 aliphatic rings. The number of likely N-dealkylation sites (tertiary alicyclic amines) is 1. The quantitative estimate of drug-likeness (QED) is 0.887. The minimum atomic E-state index is -0.815. The third-order valence-electron chi connectivity index (χ3n) is 3.91. The van der Waals surface area contributed by atoms with Crippen LogP contribution >= 0.6 is 0 Å². The van der Waals surface area contributed by atoms with Crippen molar-refractivity contribution in [1.29, 1.82) is 0 Å². The molecule has 4 nitrogen and oxygen atoms in total. The molecule has 102 valence electrons. The molecule has 2 atom stereocenters. The fourth-order valence-corrected chi connectivity index (χ4v) is 2.76. The van der Waals surface area contributed by atoms with Crippen LogP contribution in [-0.2, 0) is 4.79 Å². The van der Waals surface area contributed by atoms with Gasteiger partial charge in [0.15, 0.2) is 0 Å². The molecule has 1 saturated heterocycles. The van der Waals surface area contributed by atoms with Crippen molar-refractivity contribution in [2.75, 3.05) is 13.1 Å². The van der Waals surface area contributed by atoms with Gasteiger partial charge in [0.25, 0.3) is 5.91 Å². The van der Waals surface area contributed by atoms with E-state index in [0.29, 0.717) is 18.7 Å². The molecular weight excluding hydrogens is 242 g/mol. The summed E-state index contributed by atoms with van der Waals surface area (Å²) >= 11 is 0. The molecule has 19 heavy (non-hydrogen) atoms. The summed E-state index contributed by atoms with van der Waals surface area (Å²) in [6, 6.07) is 5.75. The summed E-state index contributed by atoms with van der Waals surface area (Å²) in [6.07, 6.45) is 0. The monoisotopic (exact) mass is 261 g/mol. The molecule has 0 unspecified atom stereocenters. The number of amides is 1. The summed E-state index contributed by atoms with van der Waals surface area (Å²) in [5, 5.41) is 9.13. The van der Waals surface area contributed by atoms with E-state index in [0.717, 1.165) is 11.1 Å². The molecule has 0 bridgehead atoms. The number of benzene rings is 1. The Labute approximate surface area is 113 Å². The Hall–Kier alpha value is -1.84. The number of carbonyl (C=O) groups excluding carboxylic acids is 1. The van der Waals surface area contributed by atoms with Gasteiger partial charge in [-0.1, -0.05) is 25.1 Å². The molecule has 1 aliphatic heterocycles. The number of hydrogen-bond donors (Lipinski definition) is 1. The van der Waals surface area contributed by atoms with Gasteiger partial charge >= 0.3 is 5.97 Å². The fraction of sp³-hybridized carbons (Fsp3) is 0.467. The van der Waals surface area contributed by atoms with Crippen LogP contribution in [0.1, 0.15) is 28.4 Å². The third kappa shape index (κ3) is 2.48. The molecule has 1 aromatic rings. The average Bonchev–Trinajstić information content (AvgIpc) is 2.71. The van der Waals surface area contributed by atoms with Gasteiger partial charge < -0.3 is 10.0 Å². The van der Waals surface area contributed by atoms with E-state index < -0.39 is 11.9 Å². The minimum Gasteiger partial charge on any atom is -0.481 e. The molecule has 1 N–H and O–H groups in total. The number of carboxylic acids is 1. The molecule has 0 radical (unpaired) electrons. The van der Waals surface area contributed by atoms with Crippen molar-refractivity contribution in [2.24, 2.45) is 11.8 Å². The maximum absolute atomic E-state index is 12.5. The highest BCUT2D eigenvalue weighted by atomic mass is 16.4. The minimum absolute atomic E-state index is 0.00535. The first-order chi connectivity index (χ1) is 8.91. The van der Waals surface area contributed by atoms with Gasteiger partial charge in [-0.25, -0.2) is 0 Å². The van der Waals surface area contributed by atoms with Crippen LogP contribution in [-0.4, -0.2) is 35.0 Å². The van der Waals surface area contributed by atoms with Gasteiger partial charge in [0.1, 0.15) is 0 Å². The van der Waals surface area contributed by atoms with Crippen molar-refractivity contribution < 1.29 is 14.7 Å². The molecule has 2 rings (SSSR count). The van der Waals surface area contributed by atoms with Crippen molar-refractivity contribution in [2.45, 2.75) is 20.8 Å². The highest BCUT2D eigenvalue weighted by molar-refractivity contribution is 5.97. The van der Waals surface area contributed by atoms with Crippen molar-refractivity contribution in [3.8, 4) is 0 Å². The summed E-state index contributed by atoms with van der Waals surface area (Å²) < 4.78 is 0. The van der Waals surface area contributed by atoms with E-state index in [1.54, 1.807) is 4.90 Å². The van der Waals surface area contributed by atoms with E-state index in [-0.39, 0.29) is 11.8 Å². The molecule has 1 fully saturated rings. The standard InChI is InChI=1S/C15H19NO3/c1-9-5-4-6-10(2)13(9)14(17)16-7-11(3)12(8-16)15(18)19/h4-6,11-12H,7-8H2,1-3H3,(H,18,19)/t11-,12-/m1/s1. The number of aliphatic carboxylic acids is 1. The van der Waals surface area contributed by atoms with Crippen molar-refractivity contribution in [3.05, 3.63) is 34.9 Å². The summed E-state index contributed by atoms with van der Waals surface area (Å²) in [7, 11) is 0. The Bertz CT molecular complexity index is 504. The fourth-order valence-electron chi connectivity index (χ4n) is 2.76. The maximum atomic E-state index is 12.5. The zero-order valence-corrected chi connectivity index (χ0v) is 11.5. The van der Waals surface area contributed by atoms with E-state index >= 15 is 0 Å². The van der Waals surface area contributed by atoms with E-state index in [1.165, 1.54) is 0 Å². The first-order valence-electron chi connectivity index (χ1n) is 6.50. The second-order valence-corrected chi connectivity index (χ2v) is 5.40. The van der Waals surface area contributed by atoms with Crippen LogP contribution in [0.4, 0.5) is 0 Å². The SMILES string of the molecule is Cc1cccc(C)c1C(=O)N1C[C@@H](C)[C@H](C(=O)O)C1. The van der Waals surface area contributed by atoms with Crippen LogP contribution in [0.5, 0.6) is 0 Å². The van der Waals surface area contributed by atoms with Gasteiger partial charge in [-0.15, -0.1) is 0 Å². The zero-order chi connectivity index (χ0) is 14.2. The number of rotatable bonds is 2. The smallest absolute Gasteiger partial charge is 0.308 e. The lowest BCUT2D eigenvalue weighted by atomic mass is 9.99. The van der Waals surface area contributed by atoms with Gasteiger partial charge in [-0.3, -0.25) is 9.59 Å². The maximum Gasteiger partial charge on any atom is 0.308 e. The molecule has 0 saturated carbocycles. The molecule has 0 aromatic heterocycles. The first-order valence-corrected chi connectivity index (χ1v) is 6.50. The van der Waals surface area contributed by atoms with Gasteiger partial charge in [-0.05, 0) is 30.9 Å². The average molecular weight is 261 g/mol. The summed E-state index contributed by atoms with van der Waals surface area (Å²) in [5.41, 5.74) is 2.59. The molecule has 0 aliphatic carbocycles. The normalized spacial score (nSPS) is 22.6. The Kier molecular flexibility index (Phi) is 3.60. The highest BCUT2D eigenvalue weighted by Gasteiger charge is 2.37. The number of nitrogens with zero attached hydrogens (tertiary/aromatic N) is 1. The third-order valence-corrected chi connectivity index (χ3v) is 3.91. The van der Waals surface area contributed by atoms with Gasteiger partial charge in [0.05, 0.1) is 5.92 Å². The van der Waals surface area contributed by atoms with E-state index in [1.807, 2.05) is 39.0 Å². The Balaban J connectivity index is 2.25. The second kappa shape index (κ2) is 5.03. The topological polar surface area (TPSA) is 57.6 Å². The van der Waals surface area contributed by atoms with Crippen molar-refractivity contribution in [1.82, 2.24) is 4.90 Å².